The molecule has 0 aliphatic heterocycles. The minimum atomic E-state index is -0.678. The van der Waals surface area contributed by atoms with Gasteiger partial charge in [0.2, 0.25) is 5.91 Å². The van der Waals surface area contributed by atoms with Crippen LogP contribution in [-0.4, -0.2) is 42.3 Å². The molecule has 1 aromatic carbocycles. The molecule has 8 heteroatoms. The summed E-state index contributed by atoms with van der Waals surface area (Å²) < 4.78 is 10.4. The lowest BCUT2D eigenvalue weighted by molar-refractivity contribution is -0.124. The van der Waals surface area contributed by atoms with Crippen molar-refractivity contribution in [3.05, 3.63) is 41.7 Å². The lowest BCUT2D eigenvalue weighted by Gasteiger charge is -2.22. The number of carbonyl (C=O) groups is 2. The van der Waals surface area contributed by atoms with Gasteiger partial charge in [0.1, 0.15) is 17.5 Å². The van der Waals surface area contributed by atoms with Crippen LogP contribution in [0.4, 0.5) is 0 Å². The number of methoxy groups -OCH3 is 2. The molecule has 0 bridgehead atoms. The molecule has 0 aliphatic carbocycles. The summed E-state index contributed by atoms with van der Waals surface area (Å²) in [4.78, 5) is 25.1. The summed E-state index contributed by atoms with van der Waals surface area (Å²) in [5.41, 5.74) is 1.14. The Morgan fingerprint density at radius 2 is 1.81 bits per heavy atom. The second-order valence-corrected chi connectivity index (χ2v) is 6.10. The SMILES string of the molecule is COc1cc(OC)cc(C(=O)N[C@@H](C(=O)NCc2ccn[nH]2)C(C)C)c1. The number of nitrogens with zero attached hydrogens (tertiary/aromatic N) is 1. The summed E-state index contributed by atoms with van der Waals surface area (Å²) >= 11 is 0. The monoisotopic (exact) mass is 360 g/mol. The van der Waals surface area contributed by atoms with E-state index < -0.39 is 6.04 Å². The summed E-state index contributed by atoms with van der Waals surface area (Å²) in [6.45, 7) is 4.05. The summed E-state index contributed by atoms with van der Waals surface area (Å²) in [5, 5.41) is 12.2. The second-order valence-electron chi connectivity index (χ2n) is 6.10. The maximum Gasteiger partial charge on any atom is 0.252 e. The molecule has 8 nitrogen and oxygen atoms in total. The van der Waals surface area contributed by atoms with E-state index in [1.54, 1.807) is 30.5 Å². The molecule has 1 atom stereocenters. The molecule has 26 heavy (non-hydrogen) atoms. The Hall–Kier alpha value is -3.03. The first kappa shape index (κ1) is 19.3. The van der Waals surface area contributed by atoms with Crippen LogP contribution in [0.3, 0.4) is 0 Å². The van der Waals surface area contributed by atoms with E-state index in [1.807, 2.05) is 13.8 Å². The Kier molecular flexibility index (Phi) is 6.60. The lowest BCUT2D eigenvalue weighted by Crippen LogP contribution is -2.49. The maximum absolute atomic E-state index is 12.6. The lowest BCUT2D eigenvalue weighted by atomic mass is 10.0. The second kappa shape index (κ2) is 8.89. The van der Waals surface area contributed by atoms with Gasteiger partial charge in [0.05, 0.1) is 26.5 Å². The van der Waals surface area contributed by atoms with Gasteiger partial charge in [0.25, 0.3) is 5.91 Å². The molecule has 1 aromatic heterocycles. The molecule has 3 N–H and O–H groups in total. The number of aromatic nitrogens is 2. The molecular formula is C18H24N4O4. The molecule has 2 aromatic rings. The fourth-order valence-electron chi connectivity index (χ4n) is 2.37. The van der Waals surface area contributed by atoms with Gasteiger partial charge in [-0.25, -0.2) is 0 Å². The predicted octanol–water partition coefficient (Wildman–Crippen LogP) is 1.50. The summed E-state index contributed by atoms with van der Waals surface area (Å²) in [7, 11) is 3.02. The highest BCUT2D eigenvalue weighted by molar-refractivity contribution is 5.98. The molecule has 1 heterocycles. The van der Waals surface area contributed by atoms with Crippen LogP contribution in [0.1, 0.15) is 29.9 Å². The van der Waals surface area contributed by atoms with Crippen molar-refractivity contribution in [3.8, 4) is 11.5 Å². The number of ether oxygens (including phenoxy) is 2. The normalized spacial score (nSPS) is 11.7. The number of hydrogen-bond acceptors (Lipinski definition) is 5. The van der Waals surface area contributed by atoms with Crippen molar-refractivity contribution in [1.82, 2.24) is 20.8 Å². The van der Waals surface area contributed by atoms with Gasteiger partial charge in [0.15, 0.2) is 0 Å². The smallest absolute Gasteiger partial charge is 0.252 e. The van der Waals surface area contributed by atoms with E-state index in [0.29, 0.717) is 23.6 Å². The van der Waals surface area contributed by atoms with Crippen molar-refractivity contribution in [2.45, 2.75) is 26.4 Å². The Balaban J connectivity index is 2.08. The molecular weight excluding hydrogens is 336 g/mol. The highest BCUT2D eigenvalue weighted by atomic mass is 16.5. The zero-order chi connectivity index (χ0) is 19.1. The van der Waals surface area contributed by atoms with Crippen molar-refractivity contribution in [2.75, 3.05) is 14.2 Å². The van der Waals surface area contributed by atoms with Crippen molar-refractivity contribution >= 4 is 11.8 Å². The number of rotatable bonds is 8. The standard InChI is InChI=1S/C18H24N4O4/c1-11(2)16(18(24)19-10-13-5-6-20-22-13)21-17(23)12-7-14(25-3)9-15(8-12)26-4/h5-9,11,16H,10H2,1-4H3,(H,19,24)(H,20,22)(H,21,23)/t16-/m1/s1. The van der Waals surface area contributed by atoms with Crippen LogP contribution in [0.5, 0.6) is 11.5 Å². The van der Waals surface area contributed by atoms with E-state index in [4.69, 9.17) is 9.47 Å². The number of hydrogen-bond donors (Lipinski definition) is 3. The van der Waals surface area contributed by atoms with Gasteiger partial charge in [0, 0.05) is 17.8 Å². The van der Waals surface area contributed by atoms with Crippen LogP contribution < -0.4 is 20.1 Å². The van der Waals surface area contributed by atoms with Gasteiger partial charge in [-0.05, 0) is 24.1 Å². The van der Waals surface area contributed by atoms with Crippen molar-refractivity contribution in [2.24, 2.45) is 5.92 Å². The average Bonchev–Trinajstić information content (AvgIpc) is 3.16. The number of carbonyl (C=O) groups excluding carboxylic acids is 2. The largest absolute Gasteiger partial charge is 0.497 e. The Morgan fingerprint density at radius 3 is 2.31 bits per heavy atom. The fourth-order valence-corrected chi connectivity index (χ4v) is 2.37. The molecule has 2 amide bonds. The van der Waals surface area contributed by atoms with E-state index >= 15 is 0 Å². The summed E-state index contributed by atoms with van der Waals surface area (Å²) in [6, 6.07) is 5.96. The van der Waals surface area contributed by atoms with Crippen molar-refractivity contribution in [1.29, 1.82) is 0 Å². The molecule has 2 rings (SSSR count). The van der Waals surface area contributed by atoms with Crippen molar-refractivity contribution in [3.63, 3.8) is 0 Å². The third-order valence-corrected chi connectivity index (χ3v) is 3.86. The maximum atomic E-state index is 12.6. The average molecular weight is 360 g/mol. The number of amides is 2. The van der Waals surface area contributed by atoms with E-state index in [1.165, 1.54) is 14.2 Å². The van der Waals surface area contributed by atoms with Gasteiger partial charge in [-0.1, -0.05) is 13.8 Å². The molecule has 0 fully saturated rings. The van der Waals surface area contributed by atoms with Crippen molar-refractivity contribution < 1.29 is 19.1 Å². The quantitative estimate of drug-likeness (QED) is 0.662. The highest BCUT2D eigenvalue weighted by Gasteiger charge is 2.25. The van der Waals surface area contributed by atoms with Gasteiger partial charge in [-0.3, -0.25) is 14.7 Å². The highest BCUT2D eigenvalue weighted by Crippen LogP contribution is 2.22. The number of aromatic amines is 1. The first-order valence-corrected chi connectivity index (χ1v) is 8.24. The van der Waals surface area contributed by atoms with E-state index in [9.17, 15) is 9.59 Å². The number of nitrogens with one attached hydrogen (secondary N) is 3. The summed E-state index contributed by atoms with van der Waals surface area (Å²) in [6.07, 6.45) is 1.61. The van der Waals surface area contributed by atoms with Crippen LogP contribution >= 0.6 is 0 Å². The van der Waals surface area contributed by atoms with E-state index in [2.05, 4.69) is 20.8 Å². The minimum Gasteiger partial charge on any atom is -0.497 e. The molecule has 140 valence electrons. The molecule has 0 unspecified atom stereocenters. The topological polar surface area (TPSA) is 105 Å². The van der Waals surface area contributed by atoms with Gasteiger partial charge in [-0.15, -0.1) is 0 Å². The zero-order valence-corrected chi connectivity index (χ0v) is 15.3. The van der Waals surface area contributed by atoms with E-state index in [-0.39, 0.29) is 17.7 Å². The van der Waals surface area contributed by atoms with Crippen LogP contribution in [0.2, 0.25) is 0 Å². The molecule has 0 spiro atoms. The molecule has 0 saturated heterocycles. The van der Waals surface area contributed by atoms with E-state index in [0.717, 1.165) is 5.69 Å². The predicted molar refractivity (Wildman–Crippen MR) is 96.1 cm³/mol. The third-order valence-electron chi connectivity index (χ3n) is 3.86. The summed E-state index contributed by atoms with van der Waals surface area (Å²) in [5.74, 6) is 0.266. The third kappa shape index (κ3) is 4.98. The van der Waals surface area contributed by atoms with Crippen LogP contribution in [-0.2, 0) is 11.3 Å². The molecule has 0 saturated carbocycles. The first-order chi connectivity index (χ1) is 12.4. The van der Waals surface area contributed by atoms with Crippen LogP contribution in [0.15, 0.2) is 30.5 Å². The van der Waals surface area contributed by atoms with Gasteiger partial charge in [-0.2, -0.15) is 5.10 Å². The Labute approximate surface area is 152 Å². The first-order valence-electron chi connectivity index (χ1n) is 8.24. The van der Waals surface area contributed by atoms with Gasteiger partial charge >= 0.3 is 0 Å². The molecule has 0 aliphatic rings. The zero-order valence-electron chi connectivity index (χ0n) is 15.3. The minimum absolute atomic E-state index is 0.0896. The van der Waals surface area contributed by atoms with Gasteiger partial charge < -0.3 is 20.1 Å². The Bertz CT molecular complexity index is 721. The number of benzene rings is 1. The molecule has 0 radical (unpaired) electrons. The van der Waals surface area contributed by atoms with Crippen LogP contribution in [0.25, 0.3) is 0 Å². The van der Waals surface area contributed by atoms with Crippen LogP contribution in [0, 0.1) is 5.92 Å². The fraction of sp³-hybridized carbons (Fsp3) is 0.389. The number of H-pyrrole nitrogens is 1. The Morgan fingerprint density at radius 1 is 1.15 bits per heavy atom.